The second-order valence-electron chi connectivity index (χ2n) is 9.32. The lowest BCUT2D eigenvalue weighted by atomic mass is 9.88. The summed E-state index contributed by atoms with van der Waals surface area (Å²) in [5, 5.41) is 3.25. The van der Waals surface area contributed by atoms with Crippen LogP contribution in [-0.2, 0) is 17.6 Å². The number of rotatable bonds is 5. The van der Waals surface area contributed by atoms with Gasteiger partial charge in [0.05, 0.1) is 6.04 Å². The summed E-state index contributed by atoms with van der Waals surface area (Å²) in [6.07, 6.45) is 5.57. The largest absolute Gasteiger partial charge is 0.487 e. The Kier molecular flexibility index (Phi) is 5.77. The Balaban J connectivity index is 1.50. The number of nitrogens with one attached hydrogen (secondary N) is 1. The molecule has 0 spiro atoms. The van der Waals surface area contributed by atoms with Crippen molar-refractivity contribution in [3.63, 3.8) is 0 Å². The first-order valence-electron chi connectivity index (χ1n) is 11.2. The van der Waals surface area contributed by atoms with E-state index in [1.165, 1.54) is 24.0 Å². The molecule has 4 heteroatoms. The van der Waals surface area contributed by atoms with Gasteiger partial charge in [0.15, 0.2) is 6.10 Å². The highest BCUT2D eigenvalue weighted by Crippen LogP contribution is 2.40. The molecule has 4 rings (SSSR count). The van der Waals surface area contributed by atoms with Gasteiger partial charge in [-0.1, -0.05) is 30.7 Å². The van der Waals surface area contributed by atoms with Crippen LogP contribution in [0.5, 0.6) is 11.5 Å². The normalized spacial score (nSPS) is 20.3. The first-order chi connectivity index (χ1) is 14.3. The summed E-state index contributed by atoms with van der Waals surface area (Å²) in [4.78, 5) is 13.2. The van der Waals surface area contributed by atoms with Crippen LogP contribution in [0.1, 0.15) is 74.8 Å². The van der Waals surface area contributed by atoms with Gasteiger partial charge in [0.25, 0.3) is 5.91 Å². The van der Waals surface area contributed by atoms with Crippen molar-refractivity contribution < 1.29 is 14.3 Å². The Morgan fingerprint density at radius 2 is 1.93 bits per heavy atom. The van der Waals surface area contributed by atoms with E-state index in [1.54, 1.807) is 0 Å². The second kappa shape index (κ2) is 8.33. The molecule has 2 aliphatic rings. The molecule has 1 amide bonds. The number of hydrogen-bond acceptors (Lipinski definition) is 3. The van der Waals surface area contributed by atoms with Crippen molar-refractivity contribution in [1.29, 1.82) is 0 Å². The molecular weight excluding hydrogens is 374 g/mol. The first kappa shape index (κ1) is 20.8. The maximum Gasteiger partial charge on any atom is 0.261 e. The molecule has 1 aliphatic heterocycles. The van der Waals surface area contributed by atoms with E-state index in [0.717, 1.165) is 41.9 Å². The highest BCUT2D eigenvalue weighted by atomic mass is 16.5. The molecule has 0 saturated carbocycles. The quantitative estimate of drug-likeness (QED) is 0.717. The predicted octanol–water partition coefficient (Wildman–Crippen LogP) is 5.45. The molecule has 0 aromatic heterocycles. The second-order valence-corrected chi connectivity index (χ2v) is 9.32. The van der Waals surface area contributed by atoms with Crippen LogP contribution >= 0.6 is 0 Å². The molecule has 1 heterocycles. The third kappa shape index (κ3) is 4.48. The van der Waals surface area contributed by atoms with Crippen LogP contribution in [0.4, 0.5) is 0 Å². The Labute approximate surface area is 180 Å². The average Bonchev–Trinajstić information content (AvgIpc) is 2.71. The molecule has 2 aromatic rings. The van der Waals surface area contributed by atoms with Crippen molar-refractivity contribution in [2.24, 2.45) is 0 Å². The molecule has 0 bridgehead atoms. The fourth-order valence-electron chi connectivity index (χ4n) is 4.64. The first-order valence-corrected chi connectivity index (χ1v) is 11.2. The minimum Gasteiger partial charge on any atom is -0.487 e. The van der Waals surface area contributed by atoms with Crippen LogP contribution in [0.2, 0.25) is 0 Å². The van der Waals surface area contributed by atoms with Crippen LogP contribution in [0.3, 0.4) is 0 Å². The fourth-order valence-corrected chi connectivity index (χ4v) is 4.64. The Morgan fingerprint density at radius 1 is 1.17 bits per heavy atom. The zero-order valence-electron chi connectivity index (χ0n) is 18.6. The van der Waals surface area contributed by atoms with Gasteiger partial charge < -0.3 is 14.8 Å². The van der Waals surface area contributed by atoms with E-state index in [-0.39, 0.29) is 17.6 Å². The minimum atomic E-state index is -0.508. The summed E-state index contributed by atoms with van der Waals surface area (Å²) in [5.74, 6) is 1.58. The highest BCUT2D eigenvalue weighted by Gasteiger charge is 2.35. The molecule has 0 unspecified atom stereocenters. The summed E-state index contributed by atoms with van der Waals surface area (Å²) in [7, 11) is 0. The van der Waals surface area contributed by atoms with Crippen molar-refractivity contribution in [3.05, 3.63) is 58.7 Å². The Hall–Kier alpha value is -2.49. The number of carbonyl (C=O) groups is 1. The third-order valence-electron chi connectivity index (χ3n) is 6.20. The van der Waals surface area contributed by atoms with Crippen molar-refractivity contribution >= 4 is 5.91 Å². The van der Waals surface area contributed by atoms with Gasteiger partial charge in [0.1, 0.15) is 17.1 Å². The lowest BCUT2D eigenvalue weighted by Gasteiger charge is -2.38. The topological polar surface area (TPSA) is 47.6 Å². The van der Waals surface area contributed by atoms with Crippen LogP contribution < -0.4 is 14.8 Å². The van der Waals surface area contributed by atoms with E-state index >= 15 is 0 Å². The molecule has 0 fully saturated rings. The summed E-state index contributed by atoms with van der Waals surface area (Å²) >= 11 is 0. The minimum absolute atomic E-state index is 0.0645. The van der Waals surface area contributed by atoms with Gasteiger partial charge in [-0.15, -0.1) is 0 Å². The monoisotopic (exact) mass is 407 g/mol. The summed E-state index contributed by atoms with van der Waals surface area (Å²) < 4.78 is 12.3. The summed E-state index contributed by atoms with van der Waals surface area (Å²) in [6.45, 7) is 8.19. The maximum atomic E-state index is 13.2. The third-order valence-corrected chi connectivity index (χ3v) is 6.20. The van der Waals surface area contributed by atoms with Crippen LogP contribution in [-0.4, -0.2) is 17.6 Å². The number of fused-ring (bicyclic) bond motifs is 2. The van der Waals surface area contributed by atoms with E-state index in [4.69, 9.17) is 9.47 Å². The molecule has 2 atom stereocenters. The van der Waals surface area contributed by atoms with Gasteiger partial charge in [-0.05, 0) is 82.2 Å². The molecule has 160 valence electrons. The van der Waals surface area contributed by atoms with Crippen molar-refractivity contribution in [2.75, 3.05) is 0 Å². The van der Waals surface area contributed by atoms with Crippen LogP contribution in [0.15, 0.2) is 36.4 Å². The number of amides is 1. The highest BCUT2D eigenvalue weighted by molar-refractivity contribution is 5.81. The van der Waals surface area contributed by atoms with Crippen molar-refractivity contribution in [2.45, 2.75) is 84.0 Å². The van der Waals surface area contributed by atoms with E-state index < -0.39 is 6.10 Å². The molecule has 30 heavy (non-hydrogen) atoms. The van der Waals surface area contributed by atoms with Crippen molar-refractivity contribution in [3.8, 4) is 11.5 Å². The van der Waals surface area contributed by atoms with Crippen molar-refractivity contribution in [1.82, 2.24) is 5.32 Å². The Bertz CT molecular complexity index is 934. The fraction of sp³-hybridized carbons (Fsp3) is 0.500. The zero-order chi connectivity index (χ0) is 21.3. The van der Waals surface area contributed by atoms with E-state index in [1.807, 2.05) is 25.1 Å². The zero-order valence-corrected chi connectivity index (χ0v) is 18.6. The number of aryl methyl sites for hydroxylation is 3. The van der Waals surface area contributed by atoms with Crippen LogP contribution in [0, 0.1) is 6.92 Å². The lowest BCUT2D eigenvalue weighted by molar-refractivity contribution is -0.129. The SMILES string of the molecule is CC[C@@H](Oc1ccc2c(c1)CCCC2)C(=O)N[C@@H]1CC(C)(C)Oc2ccc(C)cc21. The number of hydrogen-bond donors (Lipinski definition) is 1. The number of benzene rings is 2. The molecule has 1 N–H and O–H groups in total. The average molecular weight is 408 g/mol. The lowest BCUT2D eigenvalue weighted by Crippen LogP contribution is -2.45. The van der Waals surface area contributed by atoms with Gasteiger partial charge >= 0.3 is 0 Å². The molecule has 2 aromatic carbocycles. The van der Waals surface area contributed by atoms with Gasteiger partial charge in [-0.25, -0.2) is 0 Å². The molecule has 0 radical (unpaired) electrons. The summed E-state index contributed by atoms with van der Waals surface area (Å²) in [5.41, 5.74) is 4.66. The van der Waals surface area contributed by atoms with E-state index in [0.29, 0.717) is 6.42 Å². The van der Waals surface area contributed by atoms with Crippen LogP contribution in [0.25, 0.3) is 0 Å². The standard InChI is InChI=1S/C26H33NO3/c1-5-23(29-20-12-11-18-8-6-7-9-19(18)15-20)25(28)27-22-16-26(3,4)30-24-13-10-17(2)14-21(22)24/h10-15,22-23H,5-9,16H2,1-4H3,(H,27,28)/t22-,23-/m1/s1. The smallest absolute Gasteiger partial charge is 0.261 e. The van der Waals surface area contributed by atoms with Gasteiger partial charge in [0.2, 0.25) is 0 Å². The molecule has 1 aliphatic carbocycles. The molecule has 0 saturated heterocycles. The molecular formula is C26H33NO3. The van der Waals surface area contributed by atoms with Gasteiger partial charge in [-0.2, -0.15) is 0 Å². The van der Waals surface area contributed by atoms with E-state index in [2.05, 4.69) is 44.3 Å². The van der Waals surface area contributed by atoms with Gasteiger partial charge in [0, 0.05) is 12.0 Å². The number of ether oxygens (including phenoxy) is 2. The number of carbonyl (C=O) groups excluding carboxylic acids is 1. The van der Waals surface area contributed by atoms with E-state index in [9.17, 15) is 4.79 Å². The Morgan fingerprint density at radius 3 is 2.70 bits per heavy atom. The summed E-state index contributed by atoms with van der Waals surface area (Å²) in [6, 6.07) is 12.4. The maximum absolute atomic E-state index is 13.2. The van der Waals surface area contributed by atoms with Gasteiger partial charge in [-0.3, -0.25) is 4.79 Å². The predicted molar refractivity (Wildman–Crippen MR) is 119 cm³/mol. The molecule has 4 nitrogen and oxygen atoms in total.